The molecule has 1 N–H and O–H groups in total. The van der Waals surface area contributed by atoms with E-state index in [4.69, 9.17) is 16.3 Å². The summed E-state index contributed by atoms with van der Waals surface area (Å²) in [4.78, 5) is 39.5. The first kappa shape index (κ1) is 20.5. The third-order valence-electron chi connectivity index (χ3n) is 5.22. The van der Waals surface area contributed by atoms with Crippen molar-refractivity contribution in [1.29, 1.82) is 0 Å². The maximum Gasteiger partial charge on any atom is 0.409 e. The molecule has 1 aromatic rings. The van der Waals surface area contributed by atoms with Crippen LogP contribution >= 0.6 is 11.6 Å². The van der Waals surface area contributed by atoms with E-state index < -0.39 is 5.92 Å². The second-order valence-electron chi connectivity index (χ2n) is 7.13. The van der Waals surface area contributed by atoms with Gasteiger partial charge in [-0.1, -0.05) is 37.1 Å². The zero-order valence-electron chi connectivity index (χ0n) is 16.1. The zero-order chi connectivity index (χ0) is 20.1. The Kier molecular flexibility index (Phi) is 6.78. The van der Waals surface area contributed by atoms with Crippen molar-refractivity contribution in [2.24, 2.45) is 0 Å². The molecular weight excluding hydrogens is 382 g/mol. The van der Waals surface area contributed by atoms with E-state index in [9.17, 15) is 14.4 Å². The van der Waals surface area contributed by atoms with Gasteiger partial charge in [-0.05, 0) is 24.5 Å². The summed E-state index contributed by atoms with van der Waals surface area (Å²) in [5.74, 6) is -0.953. The second-order valence-corrected chi connectivity index (χ2v) is 7.50. The van der Waals surface area contributed by atoms with E-state index in [1.807, 2.05) is 18.2 Å². The van der Waals surface area contributed by atoms with Crippen molar-refractivity contribution in [3.05, 3.63) is 28.8 Å². The molecule has 28 heavy (non-hydrogen) atoms. The van der Waals surface area contributed by atoms with Crippen molar-refractivity contribution in [3.63, 3.8) is 0 Å². The monoisotopic (exact) mass is 407 g/mol. The summed E-state index contributed by atoms with van der Waals surface area (Å²) >= 11 is 6.65. The lowest BCUT2D eigenvalue weighted by Gasteiger charge is -2.36. The molecular formula is C20H26ClN3O4. The summed E-state index contributed by atoms with van der Waals surface area (Å²) in [5, 5.41) is 2.92. The molecule has 1 aromatic carbocycles. The summed E-state index contributed by atoms with van der Waals surface area (Å²) in [6.07, 6.45) is 2.37. The lowest BCUT2D eigenvalue weighted by atomic mass is 9.90. The first-order chi connectivity index (χ1) is 13.5. The van der Waals surface area contributed by atoms with Crippen molar-refractivity contribution in [3.8, 4) is 0 Å². The Morgan fingerprint density at radius 1 is 1.25 bits per heavy atom. The Labute approximate surface area is 169 Å². The maximum atomic E-state index is 12.2. The number of benzene rings is 1. The van der Waals surface area contributed by atoms with Crippen LogP contribution in [-0.4, -0.2) is 55.6 Å². The molecule has 0 aromatic heterocycles. The number of piperidine rings is 1. The van der Waals surface area contributed by atoms with Crippen LogP contribution in [0.3, 0.4) is 0 Å². The van der Waals surface area contributed by atoms with Gasteiger partial charge in [-0.15, -0.1) is 0 Å². The molecule has 8 heteroatoms. The second kappa shape index (κ2) is 9.28. The van der Waals surface area contributed by atoms with Gasteiger partial charge in [-0.2, -0.15) is 0 Å². The first-order valence-corrected chi connectivity index (χ1v) is 10.2. The number of piperazine rings is 1. The lowest BCUT2D eigenvalue weighted by molar-refractivity contribution is -0.134. The van der Waals surface area contributed by atoms with E-state index in [1.165, 1.54) is 0 Å². The number of nitrogens with one attached hydrogen (secondary N) is 1. The van der Waals surface area contributed by atoms with Crippen molar-refractivity contribution in [2.75, 3.05) is 37.7 Å². The summed E-state index contributed by atoms with van der Waals surface area (Å²) in [6, 6.07) is 5.64. The molecule has 2 aliphatic heterocycles. The van der Waals surface area contributed by atoms with Crippen molar-refractivity contribution < 1.29 is 19.1 Å². The molecule has 0 aliphatic carbocycles. The number of carbonyl (C=O) groups is 3. The highest BCUT2D eigenvalue weighted by Gasteiger charge is 2.31. The number of imide groups is 1. The average molecular weight is 408 g/mol. The van der Waals surface area contributed by atoms with E-state index in [2.05, 4.69) is 17.1 Å². The Hall–Kier alpha value is -2.28. The zero-order valence-corrected chi connectivity index (χ0v) is 16.8. The third kappa shape index (κ3) is 4.58. The quantitative estimate of drug-likeness (QED) is 0.599. The van der Waals surface area contributed by atoms with Crippen LogP contribution in [0.5, 0.6) is 0 Å². The fraction of sp³-hybridized carbons (Fsp3) is 0.550. The predicted molar refractivity (Wildman–Crippen MR) is 107 cm³/mol. The number of nitrogens with zero attached hydrogens (tertiary/aromatic N) is 2. The summed E-state index contributed by atoms with van der Waals surface area (Å²) in [6.45, 7) is 4.91. The summed E-state index contributed by atoms with van der Waals surface area (Å²) in [5.41, 5.74) is 1.59. The van der Waals surface area contributed by atoms with E-state index in [0.717, 1.165) is 24.1 Å². The largest absolute Gasteiger partial charge is 0.449 e. The number of anilines is 1. The average Bonchev–Trinajstić information content (AvgIpc) is 2.69. The molecule has 2 fully saturated rings. The fourth-order valence-electron chi connectivity index (χ4n) is 3.57. The third-order valence-corrected chi connectivity index (χ3v) is 5.64. The molecule has 3 amide bonds. The smallest absolute Gasteiger partial charge is 0.409 e. The maximum absolute atomic E-state index is 12.2. The molecule has 7 nitrogen and oxygen atoms in total. The summed E-state index contributed by atoms with van der Waals surface area (Å²) in [7, 11) is 0. The molecule has 0 radical (unpaired) electrons. The number of amides is 3. The van der Waals surface area contributed by atoms with Gasteiger partial charge in [0.1, 0.15) is 0 Å². The number of carbonyl (C=O) groups excluding carboxylic acids is 3. The van der Waals surface area contributed by atoms with Crippen LogP contribution in [0.25, 0.3) is 0 Å². The SMILES string of the molecule is CCCCOC(=O)N1CCN(c2cccc(C3CCC(=O)NC3=O)c2Cl)CC1. The van der Waals surface area contributed by atoms with Crippen LogP contribution in [0.15, 0.2) is 18.2 Å². The standard InChI is InChI=1S/C20H26ClN3O4/c1-2-3-13-28-20(27)24-11-9-23(10-12-24)16-6-4-5-14(18(16)21)15-7-8-17(25)22-19(15)26/h4-6,15H,2-3,7-13H2,1H3,(H,22,25,26). The number of halogens is 1. The van der Waals surface area contributed by atoms with Crippen molar-refractivity contribution >= 4 is 35.2 Å². The van der Waals surface area contributed by atoms with Crippen molar-refractivity contribution in [1.82, 2.24) is 10.2 Å². The molecule has 2 heterocycles. The van der Waals surface area contributed by atoms with Crippen LogP contribution in [0.4, 0.5) is 10.5 Å². The molecule has 0 spiro atoms. The van der Waals surface area contributed by atoms with Crippen LogP contribution in [-0.2, 0) is 14.3 Å². The van der Waals surface area contributed by atoms with Crippen LogP contribution in [0, 0.1) is 0 Å². The van der Waals surface area contributed by atoms with Gasteiger partial charge < -0.3 is 14.5 Å². The number of hydrogen-bond donors (Lipinski definition) is 1. The lowest BCUT2D eigenvalue weighted by Crippen LogP contribution is -2.49. The Morgan fingerprint density at radius 2 is 2.00 bits per heavy atom. The van der Waals surface area contributed by atoms with E-state index in [0.29, 0.717) is 50.7 Å². The molecule has 3 rings (SSSR count). The van der Waals surface area contributed by atoms with Gasteiger partial charge in [0, 0.05) is 32.6 Å². The molecule has 2 saturated heterocycles. The van der Waals surface area contributed by atoms with Gasteiger partial charge >= 0.3 is 6.09 Å². The van der Waals surface area contributed by atoms with E-state index >= 15 is 0 Å². The molecule has 152 valence electrons. The van der Waals surface area contributed by atoms with Crippen molar-refractivity contribution in [2.45, 2.75) is 38.5 Å². The molecule has 1 atom stereocenters. The van der Waals surface area contributed by atoms with Gasteiger partial charge in [-0.3, -0.25) is 14.9 Å². The highest BCUT2D eigenvalue weighted by Crippen LogP contribution is 2.37. The highest BCUT2D eigenvalue weighted by molar-refractivity contribution is 6.34. The fourth-order valence-corrected chi connectivity index (χ4v) is 3.94. The number of hydrogen-bond acceptors (Lipinski definition) is 5. The Balaban J connectivity index is 1.65. The van der Waals surface area contributed by atoms with Crippen LogP contribution in [0.2, 0.25) is 5.02 Å². The molecule has 2 aliphatic rings. The summed E-state index contributed by atoms with van der Waals surface area (Å²) < 4.78 is 5.28. The minimum absolute atomic E-state index is 0.240. The predicted octanol–water partition coefficient (Wildman–Crippen LogP) is 2.92. The number of rotatable bonds is 5. The molecule has 0 bridgehead atoms. The number of ether oxygens (including phenoxy) is 1. The molecule has 0 saturated carbocycles. The first-order valence-electron chi connectivity index (χ1n) is 9.80. The van der Waals surface area contributed by atoms with E-state index in [-0.39, 0.29) is 17.9 Å². The highest BCUT2D eigenvalue weighted by atomic mass is 35.5. The van der Waals surface area contributed by atoms with Crippen LogP contribution in [0.1, 0.15) is 44.1 Å². The van der Waals surface area contributed by atoms with E-state index in [1.54, 1.807) is 4.90 Å². The van der Waals surface area contributed by atoms with Gasteiger partial charge in [-0.25, -0.2) is 4.79 Å². The van der Waals surface area contributed by atoms with Gasteiger partial charge in [0.15, 0.2) is 0 Å². The topological polar surface area (TPSA) is 79.0 Å². The minimum Gasteiger partial charge on any atom is -0.449 e. The van der Waals surface area contributed by atoms with Gasteiger partial charge in [0.2, 0.25) is 11.8 Å². The molecule has 1 unspecified atom stereocenters. The Bertz CT molecular complexity index is 747. The normalized spacial score (nSPS) is 20.1. The Morgan fingerprint density at radius 3 is 2.68 bits per heavy atom. The van der Waals surface area contributed by atoms with Gasteiger partial charge in [0.05, 0.1) is 23.2 Å². The minimum atomic E-state index is -0.417. The number of unbranched alkanes of at least 4 members (excludes halogenated alkanes) is 1. The van der Waals surface area contributed by atoms with Crippen LogP contribution < -0.4 is 10.2 Å². The van der Waals surface area contributed by atoms with Gasteiger partial charge in [0.25, 0.3) is 0 Å².